The Morgan fingerprint density at radius 2 is 1.85 bits per heavy atom. The zero-order valence-corrected chi connectivity index (χ0v) is 19.6. The first-order valence-corrected chi connectivity index (χ1v) is 11.6. The van der Waals surface area contributed by atoms with Crippen molar-refractivity contribution in [3.63, 3.8) is 0 Å². The van der Waals surface area contributed by atoms with Gasteiger partial charge in [-0.05, 0) is 66.9 Å². The number of pyridine rings is 1. The number of benzene rings is 3. The third-order valence-electron chi connectivity index (χ3n) is 5.76. The normalized spacial score (nSPS) is 11.3. The van der Waals surface area contributed by atoms with Gasteiger partial charge in [0.05, 0.1) is 27.6 Å². The monoisotopic (exact) mass is 491 g/mol. The minimum Gasteiger partial charge on any atom is -0.353 e. The number of anilines is 1. The maximum atomic E-state index is 14.1. The number of nitrogens with zero attached hydrogens (tertiary/aromatic N) is 1. The lowest BCUT2D eigenvalue weighted by atomic mass is 10.0. The van der Waals surface area contributed by atoms with Gasteiger partial charge in [0, 0.05) is 27.7 Å². The largest absolute Gasteiger partial charge is 0.353 e. The smallest absolute Gasteiger partial charge is 0.224 e. The van der Waals surface area contributed by atoms with Crippen molar-refractivity contribution in [3.8, 4) is 11.4 Å². The van der Waals surface area contributed by atoms with Gasteiger partial charge in [0.25, 0.3) is 0 Å². The molecule has 0 bridgehead atoms. The van der Waals surface area contributed by atoms with E-state index >= 15 is 0 Å². The van der Waals surface area contributed by atoms with E-state index in [0.717, 1.165) is 38.8 Å². The lowest BCUT2D eigenvalue weighted by Crippen LogP contribution is -2.11. The second kappa shape index (κ2) is 9.45. The zero-order chi connectivity index (χ0) is 23.7. The van der Waals surface area contributed by atoms with E-state index < -0.39 is 0 Å². The number of aryl methyl sites for hydroxylation is 1. The highest BCUT2D eigenvalue weighted by Crippen LogP contribution is 2.32. The lowest BCUT2D eigenvalue weighted by molar-refractivity contribution is -0.116. The number of nitrogens with one attached hydrogen (secondary N) is 2. The number of halogens is 3. The Labute approximate surface area is 205 Å². The Kier molecular flexibility index (Phi) is 6.22. The molecule has 0 aliphatic carbocycles. The molecule has 4 nitrogen and oxygen atoms in total. The number of carbonyl (C=O) groups is 1. The van der Waals surface area contributed by atoms with Crippen molar-refractivity contribution in [2.45, 2.75) is 19.3 Å². The molecule has 7 heteroatoms. The van der Waals surface area contributed by atoms with E-state index in [4.69, 9.17) is 28.2 Å². The number of amides is 1. The van der Waals surface area contributed by atoms with Crippen LogP contribution in [0, 0.1) is 5.82 Å². The van der Waals surface area contributed by atoms with Crippen LogP contribution in [0.4, 0.5) is 10.1 Å². The van der Waals surface area contributed by atoms with E-state index in [0.29, 0.717) is 28.6 Å². The van der Waals surface area contributed by atoms with Gasteiger partial charge in [-0.3, -0.25) is 4.79 Å². The zero-order valence-electron chi connectivity index (χ0n) is 18.0. The summed E-state index contributed by atoms with van der Waals surface area (Å²) in [4.78, 5) is 20.7. The first-order chi connectivity index (χ1) is 16.5. The summed E-state index contributed by atoms with van der Waals surface area (Å²) < 4.78 is 14.1. The Balaban J connectivity index is 1.40. The van der Waals surface area contributed by atoms with Gasteiger partial charge in [-0.1, -0.05) is 47.5 Å². The summed E-state index contributed by atoms with van der Waals surface area (Å²) >= 11 is 12.1. The second-order valence-electron chi connectivity index (χ2n) is 8.08. The SMILES string of the molecule is O=C(CCCc1c(-c2ccc3ccccc3n2)[nH]c2ccc(F)cc12)Nc1ccc(Cl)cc1Cl. The van der Waals surface area contributed by atoms with Crippen LogP contribution >= 0.6 is 23.2 Å². The van der Waals surface area contributed by atoms with Crippen LogP contribution < -0.4 is 5.32 Å². The minimum atomic E-state index is -0.305. The molecule has 5 rings (SSSR count). The number of H-pyrrole nitrogens is 1. The molecule has 0 unspecified atom stereocenters. The average molecular weight is 492 g/mol. The third kappa shape index (κ3) is 4.63. The number of aromatic amines is 1. The molecular weight excluding hydrogens is 472 g/mol. The molecule has 5 aromatic rings. The first kappa shape index (κ1) is 22.4. The number of rotatable bonds is 6. The highest BCUT2D eigenvalue weighted by molar-refractivity contribution is 6.36. The molecule has 0 saturated heterocycles. The minimum absolute atomic E-state index is 0.152. The van der Waals surface area contributed by atoms with Gasteiger partial charge in [0.1, 0.15) is 5.82 Å². The number of hydrogen-bond acceptors (Lipinski definition) is 2. The van der Waals surface area contributed by atoms with Gasteiger partial charge in [-0.2, -0.15) is 0 Å². The molecule has 170 valence electrons. The van der Waals surface area contributed by atoms with Gasteiger partial charge in [0.15, 0.2) is 0 Å². The van der Waals surface area contributed by atoms with Gasteiger partial charge in [-0.25, -0.2) is 9.37 Å². The van der Waals surface area contributed by atoms with Crippen LogP contribution in [0.3, 0.4) is 0 Å². The van der Waals surface area contributed by atoms with Crippen molar-refractivity contribution in [2.24, 2.45) is 0 Å². The number of aromatic nitrogens is 2. The highest BCUT2D eigenvalue weighted by Gasteiger charge is 2.16. The van der Waals surface area contributed by atoms with E-state index in [1.807, 2.05) is 36.4 Å². The molecule has 3 aromatic carbocycles. The fraction of sp³-hybridized carbons (Fsp3) is 0.111. The summed E-state index contributed by atoms with van der Waals surface area (Å²) in [6.07, 6.45) is 1.43. The number of para-hydroxylation sites is 1. The molecular formula is C27H20Cl2FN3O. The molecule has 2 N–H and O–H groups in total. The van der Waals surface area contributed by atoms with Gasteiger partial charge in [-0.15, -0.1) is 0 Å². The fourth-order valence-electron chi connectivity index (χ4n) is 4.13. The molecule has 34 heavy (non-hydrogen) atoms. The van der Waals surface area contributed by atoms with Crippen molar-refractivity contribution >= 4 is 56.6 Å². The average Bonchev–Trinajstić information content (AvgIpc) is 3.18. The maximum absolute atomic E-state index is 14.1. The van der Waals surface area contributed by atoms with Crippen molar-refractivity contribution in [1.82, 2.24) is 9.97 Å². The summed E-state index contributed by atoms with van der Waals surface area (Å²) in [5.41, 5.74) is 4.80. The second-order valence-corrected chi connectivity index (χ2v) is 8.93. The number of carbonyl (C=O) groups excluding carboxylic acids is 1. The molecule has 0 fully saturated rings. The van der Waals surface area contributed by atoms with E-state index in [2.05, 4.69) is 10.3 Å². The molecule has 2 heterocycles. The predicted octanol–water partition coefficient (Wildman–Crippen LogP) is 7.79. The predicted molar refractivity (Wildman–Crippen MR) is 137 cm³/mol. The van der Waals surface area contributed by atoms with Crippen LogP contribution in [0.1, 0.15) is 18.4 Å². The summed E-state index contributed by atoms with van der Waals surface area (Å²) in [5, 5.41) is 5.56. The van der Waals surface area contributed by atoms with Gasteiger partial charge < -0.3 is 10.3 Å². The molecule has 0 radical (unpaired) electrons. The molecule has 0 atom stereocenters. The summed E-state index contributed by atoms with van der Waals surface area (Å²) in [5.74, 6) is -0.457. The van der Waals surface area contributed by atoms with Crippen molar-refractivity contribution < 1.29 is 9.18 Å². The maximum Gasteiger partial charge on any atom is 0.224 e. The summed E-state index contributed by atoms with van der Waals surface area (Å²) in [6.45, 7) is 0. The van der Waals surface area contributed by atoms with Crippen LogP contribution in [0.15, 0.2) is 72.8 Å². The van der Waals surface area contributed by atoms with Crippen LogP contribution in [0.25, 0.3) is 33.2 Å². The van der Waals surface area contributed by atoms with Crippen LogP contribution in [-0.2, 0) is 11.2 Å². The standard InChI is InChI=1S/C27H20Cl2FN3O/c28-17-9-12-24(21(29)14-17)32-26(34)7-3-5-19-20-15-18(30)10-13-23(20)33-27(19)25-11-8-16-4-1-2-6-22(16)31-25/h1-2,4,6,8-15,33H,3,5,7H2,(H,32,34). The third-order valence-corrected chi connectivity index (χ3v) is 6.31. The Morgan fingerprint density at radius 1 is 1.00 bits per heavy atom. The van der Waals surface area contributed by atoms with E-state index in [1.165, 1.54) is 12.1 Å². The molecule has 0 saturated carbocycles. The van der Waals surface area contributed by atoms with E-state index in [-0.39, 0.29) is 18.1 Å². The molecule has 0 spiro atoms. The quantitative estimate of drug-likeness (QED) is 0.254. The molecule has 2 aromatic heterocycles. The highest BCUT2D eigenvalue weighted by atomic mass is 35.5. The van der Waals surface area contributed by atoms with Gasteiger partial charge in [0.2, 0.25) is 5.91 Å². The first-order valence-electron chi connectivity index (χ1n) is 10.9. The van der Waals surface area contributed by atoms with Gasteiger partial charge >= 0.3 is 0 Å². The molecule has 0 aliphatic heterocycles. The molecule has 1 amide bonds. The van der Waals surface area contributed by atoms with E-state index in [1.54, 1.807) is 24.3 Å². The van der Waals surface area contributed by atoms with E-state index in [9.17, 15) is 9.18 Å². The van der Waals surface area contributed by atoms with Crippen LogP contribution in [0.2, 0.25) is 10.0 Å². The summed E-state index contributed by atoms with van der Waals surface area (Å²) in [6, 6.07) is 21.5. The topological polar surface area (TPSA) is 57.8 Å². The van der Waals surface area contributed by atoms with Crippen molar-refractivity contribution in [3.05, 3.63) is 94.2 Å². The summed E-state index contributed by atoms with van der Waals surface area (Å²) in [7, 11) is 0. The molecule has 0 aliphatic rings. The Hall–Kier alpha value is -3.41. The fourth-order valence-corrected chi connectivity index (χ4v) is 4.59. The van der Waals surface area contributed by atoms with Crippen LogP contribution in [0.5, 0.6) is 0 Å². The Morgan fingerprint density at radius 3 is 2.71 bits per heavy atom. The Bertz CT molecular complexity index is 1530. The number of fused-ring (bicyclic) bond motifs is 2. The van der Waals surface area contributed by atoms with Crippen molar-refractivity contribution in [1.29, 1.82) is 0 Å². The van der Waals surface area contributed by atoms with Crippen molar-refractivity contribution in [2.75, 3.05) is 5.32 Å². The van der Waals surface area contributed by atoms with Crippen LogP contribution in [-0.4, -0.2) is 15.9 Å². The lowest BCUT2D eigenvalue weighted by Gasteiger charge is -2.09. The number of hydrogen-bond donors (Lipinski definition) is 2.